The van der Waals surface area contributed by atoms with Gasteiger partial charge in [0.1, 0.15) is 11.9 Å². The molecule has 0 aromatic heterocycles. The Kier molecular flexibility index (Phi) is 5.26. The molecule has 1 rings (SSSR count). The summed E-state index contributed by atoms with van der Waals surface area (Å²) in [4.78, 5) is 0. The topological polar surface area (TPSA) is 52.9 Å². The summed E-state index contributed by atoms with van der Waals surface area (Å²) in [6.07, 6.45) is 1.63. The summed E-state index contributed by atoms with van der Waals surface area (Å²) in [5.41, 5.74) is 0.508. The molecule has 0 aliphatic heterocycles. The lowest BCUT2D eigenvalue weighted by molar-refractivity contribution is 0.552. The van der Waals surface area contributed by atoms with Crippen molar-refractivity contribution in [2.75, 3.05) is 12.0 Å². The van der Waals surface area contributed by atoms with Crippen molar-refractivity contribution in [3.05, 3.63) is 35.1 Å². The highest BCUT2D eigenvalue weighted by atomic mass is 32.2. The molecule has 1 aromatic carbocycles. The van der Waals surface area contributed by atoms with Crippen LogP contribution >= 0.6 is 0 Å². The van der Waals surface area contributed by atoms with Gasteiger partial charge in [-0.2, -0.15) is 5.26 Å². The lowest BCUT2D eigenvalue weighted by Gasteiger charge is -2.12. The summed E-state index contributed by atoms with van der Waals surface area (Å²) < 4.78 is 24.7. The van der Waals surface area contributed by atoms with Crippen LogP contribution in [0, 0.1) is 17.1 Å². The number of rotatable bonds is 5. The van der Waals surface area contributed by atoms with Gasteiger partial charge in [-0.1, -0.05) is 12.1 Å². The van der Waals surface area contributed by atoms with Crippen LogP contribution < -0.4 is 5.32 Å². The molecule has 0 amide bonds. The molecule has 0 saturated carbocycles. The zero-order valence-electron chi connectivity index (χ0n) is 9.87. The molecule has 0 radical (unpaired) electrons. The predicted octanol–water partition coefficient (Wildman–Crippen LogP) is 1.55. The molecule has 0 fully saturated rings. The summed E-state index contributed by atoms with van der Waals surface area (Å²) in [6, 6.07) is 6.59. The molecular formula is C12H15FN2OS. The smallest absolute Gasteiger partial charge is 0.145 e. The minimum atomic E-state index is -0.873. The number of hydrogen-bond acceptors (Lipinski definition) is 3. The first-order valence-electron chi connectivity index (χ1n) is 5.25. The van der Waals surface area contributed by atoms with Crippen LogP contribution in [0.5, 0.6) is 0 Å². The van der Waals surface area contributed by atoms with Crippen molar-refractivity contribution in [3.63, 3.8) is 0 Å². The second-order valence-corrected chi connectivity index (χ2v) is 5.39. The first kappa shape index (κ1) is 13.8. The van der Waals surface area contributed by atoms with Crippen LogP contribution in [0.1, 0.15) is 18.1 Å². The van der Waals surface area contributed by atoms with Gasteiger partial charge in [0.2, 0.25) is 0 Å². The second kappa shape index (κ2) is 6.48. The van der Waals surface area contributed by atoms with Crippen LogP contribution in [0.3, 0.4) is 0 Å². The van der Waals surface area contributed by atoms with Crippen molar-refractivity contribution in [3.8, 4) is 6.07 Å². The first-order chi connectivity index (χ1) is 8.04. The van der Waals surface area contributed by atoms with E-state index >= 15 is 0 Å². The van der Waals surface area contributed by atoms with Crippen LogP contribution in [0.25, 0.3) is 0 Å². The highest BCUT2D eigenvalue weighted by Crippen LogP contribution is 2.11. The lowest BCUT2D eigenvalue weighted by atomic mass is 10.1. The van der Waals surface area contributed by atoms with Gasteiger partial charge in [-0.3, -0.25) is 4.21 Å². The van der Waals surface area contributed by atoms with E-state index in [1.807, 2.05) is 6.92 Å². The largest absolute Gasteiger partial charge is 0.309 e. The number of nitrogens with one attached hydrogen (secondary N) is 1. The molecule has 1 aromatic rings. The normalized spacial score (nSPS) is 14.0. The van der Waals surface area contributed by atoms with Crippen molar-refractivity contribution in [2.24, 2.45) is 0 Å². The van der Waals surface area contributed by atoms with Gasteiger partial charge in [-0.15, -0.1) is 0 Å². The molecular weight excluding hydrogens is 239 g/mol. The van der Waals surface area contributed by atoms with Gasteiger partial charge in [-0.25, -0.2) is 4.39 Å². The maximum absolute atomic E-state index is 13.7. The highest BCUT2D eigenvalue weighted by Gasteiger charge is 2.09. The Morgan fingerprint density at radius 2 is 2.29 bits per heavy atom. The molecule has 0 bridgehead atoms. The molecule has 2 unspecified atom stereocenters. The van der Waals surface area contributed by atoms with Crippen molar-refractivity contribution in [1.29, 1.82) is 5.26 Å². The van der Waals surface area contributed by atoms with Crippen LogP contribution in [-0.4, -0.2) is 22.3 Å². The van der Waals surface area contributed by atoms with E-state index in [1.54, 1.807) is 24.5 Å². The quantitative estimate of drug-likeness (QED) is 0.867. The Morgan fingerprint density at radius 3 is 2.88 bits per heavy atom. The van der Waals surface area contributed by atoms with Gasteiger partial charge in [0.15, 0.2) is 0 Å². The number of benzene rings is 1. The minimum absolute atomic E-state index is 0.0472. The van der Waals surface area contributed by atoms with E-state index < -0.39 is 16.6 Å². The summed E-state index contributed by atoms with van der Waals surface area (Å²) in [7, 11) is -0.873. The Labute approximate surface area is 103 Å². The van der Waals surface area contributed by atoms with Crippen molar-refractivity contribution in [2.45, 2.75) is 19.5 Å². The summed E-state index contributed by atoms with van der Waals surface area (Å²) in [5, 5.41) is 11.8. The van der Waals surface area contributed by atoms with E-state index in [0.717, 1.165) is 0 Å². The molecule has 3 nitrogen and oxygen atoms in total. The molecule has 0 saturated heterocycles. The minimum Gasteiger partial charge on any atom is -0.309 e. The molecule has 1 N–H and O–H groups in total. The van der Waals surface area contributed by atoms with Crippen molar-refractivity contribution >= 4 is 10.8 Å². The molecule has 0 aliphatic rings. The van der Waals surface area contributed by atoms with Crippen LogP contribution in [0.4, 0.5) is 4.39 Å². The number of nitrogens with zero attached hydrogens (tertiary/aromatic N) is 1. The molecule has 0 heterocycles. The summed E-state index contributed by atoms with van der Waals surface area (Å²) in [5.74, 6) is 0.0480. The van der Waals surface area contributed by atoms with Crippen LogP contribution in [0.2, 0.25) is 0 Å². The van der Waals surface area contributed by atoms with Gasteiger partial charge in [0.25, 0.3) is 0 Å². The monoisotopic (exact) mass is 254 g/mol. The summed E-state index contributed by atoms with van der Waals surface area (Å²) >= 11 is 0. The maximum atomic E-state index is 13.7. The van der Waals surface area contributed by atoms with E-state index in [0.29, 0.717) is 17.9 Å². The van der Waals surface area contributed by atoms with Gasteiger partial charge in [0, 0.05) is 41.0 Å². The van der Waals surface area contributed by atoms with E-state index in [-0.39, 0.29) is 11.6 Å². The van der Waals surface area contributed by atoms with E-state index in [4.69, 9.17) is 5.26 Å². The van der Waals surface area contributed by atoms with Crippen LogP contribution in [0.15, 0.2) is 18.2 Å². The Balaban J connectivity index is 2.64. The molecule has 0 spiro atoms. The number of nitriles is 1. The molecule has 2 atom stereocenters. The second-order valence-electron chi connectivity index (χ2n) is 3.91. The Morgan fingerprint density at radius 1 is 1.59 bits per heavy atom. The van der Waals surface area contributed by atoms with E-state index in [2.05, 4.69) is 5.32 Å². The van der Waals surface area contributed by atoms with Gasteiger partial charge >= 0.3 is 0 Å². The third-order valence-electron chi connectivity index (χ3n) is 2.32. The summed E-state index contributed by atoms with van der Waals surface area (Å²) in [6.45, 7) is 2.23. The average molecular weight is 254 g/mol. The van der Waals surface area contributed by atoms with Crippen molar-refractivity contribution in [1.82, 2.24) is 5.32 Å². The average Bonchev–Trinajstić information content (AvgIpc) is 2.27. The van der Waals surface area contributed by atoms with Gasteiger partial charge in [-0.05, 0) is 13.0 Å². The highest BCUT2D eigenvalue weighted by molar-refractivity contribution is 7.84. The third-order valence-corrected chi connectivity index (χ3v) is 3.29. The molecule has 92 valence electrons. The van der Waals surface area contributed by atoms with Gasteiger partial charge in [0.05, 0.1) is 5.56 Å². The Bertz CT molecular complexity index is 456. The first-order valence-corrected chi connectivity index (χ1v) is 6.98. The number of hydrogen-bond donors (Lipinski definition) is 1. The molecule has 0 aliphatic carbocycles. The van der Waals surface area contributed by atoms with Gasteiger partial charge < -0.3 is 5.32 Å². The van der Waals surface area contributed by atoms with Crippen molar-refractivity contribution < 1.29 is 8.60 Å². The fraction of sp³-hybridized carbons (Fsp3) is 0.417. The maximum Gasteiger partial charge on any atom is 0.145 e. The third kappa shape index (κ3) is 4.25. The zero-order chi connectivity index (χ0) is 12.8. The fourth-order valence-electron chi connectivity index (χ4n) is 1.50. The predicted molar refractivity (Wildman–Crippen MR) is 66.4 cm³/mol. The molecule has 5 heteroatoms. The molecule has 17 heavy (non-hydrogen) atoms. The lowest BCUT2D eigenvalue weighted by Crippen LogP contribution is -2.30. The van der Waals surface area contributed by atoms with Crippen LogP contribution in [-0.2, 0) is 17.3 Å². The van der Waals surface area contributed by atoms with E-state index in [9.17, 15) is 8.60 Å². The Hall–Kier alpha value is -1.25. The zero-order valence-corrected chi connectivity index (χ0v) is 10.7. The SMILES string of the molecule is CC(CS(C)=O)NCc1cccc(C#N)c1F. The number of halogens is 1. The fourth-order valence-corrected chi connectivity index (χ4v) is 2.32. The standard InChI is InChI=1S/C12H15FN2OS/c1-9(8-17(2)16)15-7-11-5-3-4-10(6-14)12(11)13/h3-5,9,15H,7-8H2,1-2H3. The van der Waals surface area contributed by atoms with E-state index in [1.165, 1.54) is 6.07 Å².